The van der Waals surface area contributed by atoms with E-state index in [1.54, 1.807) is 0 Å². The zero-order valence-corrected chi connectivity index (χ0v) is 11.3. The maximum Gasteiger partial charge on any atom is 0.0512 e. The molecular formula is C14H29NO. The van der Waals surface area contributed by atoms with E-state index in [1.807, 2.05) is 6.92 Å². The number of nitrogens with zero attached hydrogens (tertiary/aromatic N) is 1. The van der Waals surface area contributed by atoms with Crippen LogP contribution in [0.2, 0.25) is 0 Å². The van der Waals surface area contributed by atoms with Crippen molar-refractivity contribution in [3.63, 3.8) is 0 Å². The molecule has 96 valence electrons. The summed E-state index contributed by atoms with van der Waals surface area (Å²) in [6.45, 7) is 5.46. The molecule has 0 spiro atoms. The van der Waals surface area contributed by atoms with E-state index in [1.165, 1.54) is 38.6 Å². The van der Waals surface area contributed by atoms with Gasteiger partial charge in [-0.2, -0.15) is 0 Å². The summed E-state index contributed by atoms with van der Waals surface area (Å²) in [7, 11) is 2.27. The molecule has 16 heavy (non-hydrogen) atoms. The third-order valence-corrected chi connectivity index (χ3v) is 3.91. The van der Waals surface area contributed by atoms with Crippen LogP contribution in [0.25, 0.3) is 0 Å². The van der Waals surface area contributed by atoms with Gasteiger partial charge in [-0.3, -0.25) is 0 Å². The predicted octanol–water partition coefficient (Wildman–Crippen LogP) is 3.05. The first-order valence-electron chi connectivity index (χ1n) is 6.98. The number of rotatable bonds is 6. The Morgan fingerprint density at radius 1 is 1.31 bits per heavy atom. The van der Waals surface area contributed by atoms with E-state index in [2.05, 4.69) is 18.9 Å². The van der Waals surface area contributed by atoms with Crippen molar-refractivity contribution in [3.05, 3.63) is 0 Å². The van der Waals surface area contributed by atoms with Crippen molar-refractivity contribution < 1.29 is 5.11 Å². The highest BCUT2D eigenvalue weighted by Gasteiger charge is 2.21. The molecule has 0 aliphatic heterocycles. The summed E-state index contributed by atoms with van der Waals surface area (Å²) in [4.78, 5) is 2.54. The summed E-state index contributed by atoms with van der Waals surface area (Å²) in [6, 6.07) is 0.815. The van der Waals surface area contributed by atoms with Gasteiger partial charge in [-0.25, -0.2) is 0 Å². The molecule has 0 aromatic rings. The highest BCUT2D eigenvalue weighted by Crippen LogP contribution is 2.26. The molecule has 1 N–H and O–H groups in total. The van der Waals surface area contributed by atoms with Crippen molar-refractivity contribution in [1.82, 2.24) is 4.90 Å². The quantitative estimate of drug-likeness (QED) is 0.705. The highest BCUT2D eigenvalue weighted by molar-refractivity contribution is 4.76. The van der Waals surface area contributed by atoms with Gasteiger partial charge in [0.2, 0.25) is 0 Å². The lowest BCUT2D eigenvalue weighted by Gasteiger charge is -2.34. The topological polar surface area (TPSA) is 23.5 Å². The van der Waals surface area contributed by atoms with Gasteiger partial charge < -0.3 is 10.0 Å². The lowest BCUT2D eigenvalue weighted by Crippen LogP contribution is -2.36. The van der Waals surface area contributed by atoms with Gasteiger partial charge in [0.05, 0.1) is 6.10 Å². The summed E-state index contributed by atoms with van der Waals surface area (Å²) in [5.41, 5.74) is 0. The first kappa shape index (κ1) is 14.0. The summed E-state index contributed by atoms with van der Waals surface area (Å²) in [5, 5.41) is 9.19. The van der Waals surface area contributed by atoms with Crippen LogP contribution in [-0.4, -0.2) is 35.7 Å². The first-order valence-corrected chi connectivity index (χ1v) is 6.98. The van der Waals surface area contributed by atoms with E-state index in [0.717, 1.165) is 24.8 Å². The number of hydrogen-bond acceptors (Lipinski definition) is 2. The van der Waals surface area contributed by atoms with Gasteiger partial charge >= 0.3 is 0 Å². The van der Waals surface area contributed by atoms with Gasteiger partial charge in [0.15, 0.2) is 0 Å². The average Bonchev–Trinajstić information content (AvgIpc) is 2.24. The van der Waals surface area contributed by atoms with Crippen LogP contribution < -0.4 is 0 Å². The first-order chi connectivity index (χ1) is 7.59. The Morgan fingerprint density at radius 2 is 2.06 bits per heavy atom. The van der Waals surface area contributed by atoms with E-state index < -0.39 is 0 Å². The van der Waals surface area contributed by atoms with Crippen LogP contribution in [0.3, 0.4) is 0 Å². The van der Waals surface area contributed by atoms with E-state index in [-0.39, 0.29) is 6.10 Å². The normalized spacial score (nSPS) is 28.3. The largest absolute Gasteiger partial charge is 0.393 e. The van der Waals surface area contributed by atoms with Gasteiger partial charge in [0, 0.05) is 6.04 Å². The molecule has 0 aromatic carbocycles. The van der Waals surface area contributed by atoms with E-state index in [9.17, 15) is 5.11 Å². The molecule has 1 aliphatic rings. The number of unbranched alkanes of at least 4 members (excludes halogenated alkanes) is 1. The molecule has 0 radical (unpaired) electrons. The predicted molar refractivity (Wildman–Crippen MR) is 69.6 cm³/mol. The van der Waals surface area contributed by atoms with Gasteiger partial charge in [-0.1, -0.05) is 19.8 Å². The zero-order valence-electron chi connectivity index (χ0n) is 11.3. The van der Waals surface area contributed by atoms with Crippen LogP contribution in [0.15, 0.2) is 0 Å². The Hall–Kier alpha value is -0.0800. The summed E-state index contributed by atoms with van der Waals surface area (Å²) in [6.07, 6.45) is 8.81. The highest BCUT2D eigenvalue weighted by atomic mass is 16.3. The molecule has 0 bridgehead atoms. The van der Waals surface area contributed by atoms with Gasteiger partial charge in [0.25, 0.3) is 0 Å². The third kappa shape index (κ3) is 5.31. The Morgan fingerprint density at radius 3 is 2.69 bits per heavy atom. The van der Waals surface area contributed by atoms with Crippen molar-refractivity contribution >= 4 is 0 Å². The molecule has 3 atom stereocenters. The Balaban J connectivity index is 2.11. The fraction of sp³-hybridized carbons (Fsp3) is 1.00. The molecule has 1 saturated carbocycles. The monoisotopic (exact) mass is 227 g/mol. The minimum absolute atomic E-state index is 0.125. The summed E-state index contributed by atoms with van der Waals surface area (Å²) in [5.74, 6) is 0.915. The molecule has 0 saturated heterocycles. The maximum absolute atomic E-state index is 9.19. The Kier molecular flexibility index (Phi) is 6.37. The molecule has 3 unspecified atom stereocenters. The molecule has 0 amide bonds. The third-order valence-electron chi connectivity index (χ3n) is 3.91. The van der Waals surface area contributed by atoms with Crippen molar-refractivity contribution in [2.24, 2.45) is 5.92 Å². The van der Waals surface area contributed by atoms with Crippen molar-refractivity contribution in [1.29, 1.82) is 0 Å². The average molecular weight is 227 g/mol. The second kappa shape index (κ2) is 7.29. The van der Waals surface area contributed by atoms with Crippen molar-refractivity contribution in [2.75, 3.05) is 13.6 Å². The Labute approximate surface area is 101 Å². The van der Waals surface area contributed by atoms with Gasteiger partial charge in [0.1, 0.15) is 0 Å². The zero-order chi connectivity index (χ0) is 12.0. The molecule has 0 heterocycles. The second-order valence-corrected chi connectivity index (χ2v) is 5.75. The lowest BCUT2D eigenvalue weighted by molar-refractivity contribution is 0.153. The van der Waals surface area contributed by atoms with Crippen LogP contribution >= 0.6 is 0 Å². The molecule has 1 fully saturated rings. The van der Waals surface area contributed by atoms with E-state index in [4.69, 9.17) is 0 Å². The molecule has 0 aromatic heterocycles. The van der Waals surface area contributed by atoms with Gasteiger partial charge in [-0.05, 0) is 58.5 Å². The van der Waals surface area contributed by atoms with Crippen LogP contribution in [-0.2, 0) is 0 Å². The van der Waals surface area contributed by atoms with Crippen LogP contribution in [0, 0.1) is 5.92 Å². The minimum Gasteiger partial charge on any atom is -0.393 e. The number of aliphatic hydroxyl groups is 1. The lowest BCUT2D eigenvalue weighted by atomic mass is 9.86. The van der Waals surface area contributed by atoms with Crippen LogP contribution in [0.1, 0.15) is 58.8 Å². The fourth-order valence-corrected chi connectivity index (χ4v) is 2.79. The molecule has 1 aliphatic carbocycles. The van der Waals surface area contributed by atoms with Crippen LogP contribution in [0.4, 0.5) is 0 Å². The maximum atomic E-state index is 9.19. The summed E-state index contributed by atoms with van der Waals surface area (Å²) < 4.78 is 0. The number of hydrogen-bond donors (Lipinski definition) is 1. The van der Waals surface area contributed by atoms with Crippen molar-refractivity contribution in [3.8, 4) is 0 Å². The molecule has 1 rings (SSSR count). The summed E-state index contributed by atoms with van der Waals surface area (Å²) >= 11 is 0. The van der Waals surface area contributed by atoms with Gasteiger partial charge in [-0.15, -0.1) is 0 Å². The molecular weight excluding hydrogens is 198 g/mol. The Bertz CT molecular complexity index is 182. The standard InChI is InChI=1S/C14H29NO/c1-12-7-6-9-14(11-12)15(3)10-5-4-8-13(2)16/h12-14,16H,4-11H2,1-3H3. The number of aliphatic hydroxyl groups excluding tert-OH is 1. The minimum atomic E-state index is -0.125. The second-order valence-electron chi connectivity index (χ2n) is 5.75. The van der Waals surface area contributed by atoms with Crippen LogP contribution in [0.5, 0.6) is 0 Å². The van der Waals surface area contributed by atoms with E-state index >= 15 is 0 Å². The molecule has 2 nitrogen and oxygen atoms in total. The fourth-order valence-electron chi connectivity index (χ4n) is 2.79. The van der Waals surface area contributed by atoms with Crippen molar-refractivity contribution in [2.45, 2.75) is 70.9 Å². The van der Waals surface area contributed by atoms with E-state index in [0.29, 0.717) is 0 Å². The SMILES string of the molecule is CC(O)CCCCN(C)C1CCCC(C)C1. The smallest absolute Gasteiger partial charge is 0.0512 e. The molecule has 2 heteroatoms.